The summed E-state index contributed by atoms with van der Waals surface area (Å²) in [4.78, 5) is 16.6. The van der Waals surface area contributed by atoms with Crippen molar-refractivity contribution in [2.24, 2.45) is 0 Å². The van der Waals surface area contributed by atoms with Gasteiger partial charge in [0.25, 0.3) is 5.91 Å². The second-order valence-corrected chi connectivity index (χ2v) is 4.79. The molecule has 2 N–H and O–H groups in total. The zero-order valence-corrected chi connectivity index (χ0v) is 12.6. The van der Waals surface area contributed by atoms with Crippen LogP contribution in [0.25, 0.3) is 10.8 Å². The van der Waals surface area contributed by atoms with Crippen LogP contribution in [0.3, 0.4) is 0 Å². The molecule has 0 radical (unpaired) electrons. The monoisotopic (exact) mass is 287 g/mol. The number of nitrogens with zero attached hydrogens (tertiary/aromatic N) is 1. The number of pyridine rings is 1. The van der Waals surface area contributed by atoms with Crippen molar-refractivity contribution >= 4 is 22.5 Å². The maximum Gasteiger partial charge on any atom is 0.253 e. The number of rotatable bonds is 6. The molecule has 5 nitrogen and oxygen atoms in total. The molecule has 2 aromatic rings. The second kappa shape index (κ2) is 7.04. The molecule has 0 aliphatic heterocycles. The molecule has 0 aliphatic carbocycles. The van der Waals surface area contributed by atoms with Gasteiger partial charge in [-0.05, 0) is 19.2 Å². The normalized spacial score (nSPS) is 12.1. The predicted octanol–water partition coefficient (Wildman–Crippen LogP) is 2.43. The molecule has 0 aliphatic rings. The summed E-state index contributed by atoms with van der Waals surface area (Å²) in [5.74, 6) is 0.637. The van der Waals surface area contributed by atoms with E-state index >= 15 is 0 Å². The summed E-state index contributed by atoms with van der Waals surface area (Å²) in [6, 6.07) is 7.73. The summed E-state index contributed by atoms with van der Waals surface area (Å²) in [5, 5.41) is 7.75. The summed E-state index contributed by atoms with van der Waals surface area (Å²) >= 11 is 0. The third-order valence-electron chi connectivity index (χ3n) is 3.28. The summed E-state index contributed by atoms with van der Waals surface area (Å²) in [7, 11) is 1.82. The molecule has 1 unspecified atom stereocenters. The Labute approximate surface area is 124 Å². The Balaban J connectivity index is 2.24. The Morgan fingerprint density at radius 1 is 1.33 bits per heavy atom. The van der Waals surface area contributed by atoms with E-state index in [2.05, 4.69) is 15.6 Å². The Hall–Kier alpha value is -2.14. The highest BCUT2D eigenvalue weighted by molar-refractivity contribution is 6.09. The van der Waals surface area contributed by atoms with Crippen LogP contribution in [0.4, 0.5) is 5.82 Å². The van der Waals surface area contributed by atoms with E-state index in [0.717, 1.165) is 16.6 Å². The van der Waals surface area contributed by atoms with E-state index < -0.39 is 0 Å². The third-order valence-corrected chi connectivity index (χ3v) is 3.28. The number of hydrogen-bond acceptors (Lipinski definition) is 4. The van der Waals surface area contributed by atoms with Gasteiger partial charge >= 0.3 is 0 Å². The highest BCUT2D eigenvalue weighted by atomic mass is 16.5. The smallest absolute Gasteiger partial charge is 0.253 e. The fraction of sp³-hybridized carbons (Fsp3) is 0.375. The summed E-state index contributed by atoms with van der Waals surface area (Å²) in [5.41, 5.74) is 0.577. The van der Waals surface area contributed by atoms with E-state index in [4.69, 9.17) is 4.74 Å². The van der Waals surface area contributed by atoms with Gasteiger partial charge in [0.2, 0.25) is 0 Å². The van der Waals surface area contributed by atoms with Crippen LogP contribution in [0.15, 0.2) is 30.5 Å². The lowest BCUT2D eigenvalue weighted by molar-refractivity contribution is 0.0695. The number of aromatic nitrogens is 1. The topological polar surface area (TPSA) is 63.2 Å². The van der Waals surface area contributed by atoms with Gasteiger partial charge in [-0.25, -0.2) is 4.98 Å². The van der Waals surface area contributed by atoms with Crippen LogP contribution in [0.1, 0.15) is 24.2 Å². The predicted molar refractivity (Wildman–Crippen MR) is 84.7 cm³/mol. The van der Waals surface area contributed by atoms with Crippen molar-refractivity contribution < 1.29 is 9.53 Å². The summed E-state index contributed by atoms with van der Waals surface area (Å²) in [6.45, 7) is 4.99. The molecule has 1 aromatic heterocycles. The second-order valence-electron chi connectivity index (χ2n) is 4.79. The molecule has 5 heteroatoms. The number of benzene rings is 1. The van der Waals surface area contributed by atoms with E-state index in [1.165, 1.54) is 0 Å². The standard InChI is InChI=1S/C16H21N3O2/c1-4-21-11(2)9-19-16(20)14-10-18-15(17-3)13-8-6-5-7-12(13)14/h5-8,10-11H,4,9H2,1-3H3,(H,17,18)(H,19,20). The largest absolute Gasteiger partial charge is 0.377 e. The Morgan fingerprint density at radius 3 is 2.71 bits per heavy atom. The molecule has 2 rings (SSSR count). The molecule has 0 saturated carbocycles. The molecule has 112 valence electrons. The quantitative estimate of drug-likeness (QED) is 0.856. The first kappa shape index (κ1) is 15.3. The Morgan fingerprint density at radius 2 is 2.05 bits per heavy atom. The van der Waals surface area contributed by atoms with Crippen molar-refractivity contribution in [3.05, 3.63) is 36.0 Å². The lowest BCUT2D eigenvalue weighted by Gasteiger charge is -2.14. The number of carbonyl (C=O) groups is 1. The van der Waals surface area contributed by atoms with Gasteiger partial charge in [-0.2, -0.15) is 0 Å². The van der Waals surface area contributed by atoms with Crippen LogP contribution in [0.5, 0.6) is 0 Å². The van der Waals surface area contributed by atoms with Gasteiger partial charge < -0.3 is 15.4 Å². The van der Waals surface area contributed by atoms with Crippen LogP contribution in [-0.4, -0.2) is 37.2 Å². The number of anilines is 1. The maximum absolute atomic E-state index is 12.3. The van der Waals surface area contributed by atoms with Crippen molar-refractivity contribution in [1.82, 2.24) is 10.3 Å². The average Bonchev–Trinajstić information content (AvgIpc) is 2.51. The Bertz CT molecular complexity index is 628. The molecule has 0 saturated heterocycles. The first-order chi connectivity index (χ1) is 10.2. The lowest BCUT2D eigenvalue weighted by Crippen LogP contribution is -2.32. The minimum atomic E-state index is -0.132. The van der Waals surface area contributed by atoms with Gasteiger partial charge in [-0.1, -0.05) is 24.3 Å². The minimum absolute atomic E-state index is 0.00486. The van der Waals surface area contributed by atoms with Gasteiger partial charge in [0.05, 0.1) is 11.7 Å². The van der Waals surface area contributed by atoms with Gasteiger partial charge in [0.1, 0.15) is 5.82 Å². The highest BCUT2D eigenvalue weighted by Gasteiger charge is 2.13. The van der Waals surface area contributed by atoms with Crippen molar-refractivity contribution in [2.75, 3.05) is 25.5 Å². The van der Waals surface area contributed by atoms with E-state index in [1.54, 1.807) is 6.20 Å². The van der Waals surface area contributed by atoms with Crippen LogP contribution in [0.2, 0.25) is 0 Å². The van der Waals surface area contributed by atoms with Gasteiger partial charge in [-0.15, -0.1) is 0 Å². The number of hydrogen-bond donors (Lipinski definition) is 2. The molecule has 0 fully saturated rings. The third kappa shape index (κ3) is 3.49. The molecule has 0 bridgehead atoms. The van der Waals surface area contributed by atoms with Crippen molar-refractivity contribution in [2.45, 2.75) is 20.0 Å². The first-order valence-corrected chi connectivity index (χ1v) is 7.12. The summed E-state index contributed by atoms with van der Waals surface area (Å²) in [6.07, 6.45) is 1.60. The highest BCUT2D eigenvalue weighted by Crippen LogP contribution is 2.23. The zero-order chi connectivity index (χ0) is 15.2. The molecule has 1 atom stereocenters. The number of carbonyl (C=O) groups excluding carboxylic acids is 1. The van der Waals surface area contributed by atoms with Crippen LogP contribution >= 0.6 is 0 Å². The fourth-order valence-electron chi connectivity index (χ4n) is 2.25. The van der Waals surface area contributed by atoms with Crippen molar-refractivity contribution in [3.8, 4) is 0 Å². The first-order valence-electron chi connectivity index (χ1n) is 7.12. The molecule has 1 amide bonds. The number of amides is 1. The summed E-state index contributed by atoms with van der Waals surface area (Å²) < 4.78 is 5.41. The van der Waals surface area contributed by atoms with Crippen molar-refractivity contribution in [3.63, 3.8) is 0 Å². The Kier molecular flexibility index (Phi) is 5.11. The number of fused-ring (bicyclic) bond motifs is 1. The van der Waals surface area contributed by atoms with Crippen LogP contribution < -0.4 is 10.6 Å². The van der Waals surface area contributed by atoms with Crippen LogP contribution in [-0.2, 0) is 4.74 Å². The molecule has 1 heterocycles. The molecular formula is C16H21N3O2. The molecule has 21 heavy (non-hydrogen) atoms. The van der Waals surface area contributed by atoms with E-state index in [1.807, 2.05) is 45.2 Å². The van der Waals surface area contributed by atoms with E-state index in [-0.39, 0.29) is 12.0 Å². The molecular weight excluding hydrogens is 266 g/mol. The minimum Gasteiger partial charge on any atom is -0.377 e. The molecule has 1 aromatic carbocycles. The zero-order valence-electron chi connectivity index (χ0n) is 12.6. The van der Waals surface area contributed by atoms with Crippen LogP contribution in [0, 0.1) is 0 Å². The maximum atomic E-state index is 12.3. The van der Waals surface area contributed by atoms with E-state index in [0.29, 0.717) is 18.7 Å². The SMILES string of the molecule is CCOC(C)CNC(=O)c1cnc(NC)c2ccccc12. The van der Waals surface area contributed by atoms with Crippen molar-refractivity contribution in [1.29, 1.82) is 0 Å². The lowest BCUT2D eigenvalue weighted by atomic mass is 10.1. The number of nitrogens with one attached hydrogen (secondary N) is 2. The van der Waals surface area contributed by atoms with Gasteiger partial charge in [0.15, 0.2) is 0 Å². The molecule has 0 spiro atoms. The van der Waals surface area contributed by atoms with Gasteiger partial charge in [-0.3, -0.25) is 4.79 Å². The van der Waals surface area contributed by atoms with Gasteiger partial charge in [0, 0.05) is 31.8 Å². The fourth-order valence-corrected chi connectivity index (χ4v) is 2.25. The average molecular weight is 287 g/mol. The number of ether oxygens (including phenoxy) is 1. The van der Waals surface area contributed by atoms with E-state index in [9.17, 15) is 4.79 Å².